The lowest BCUT2D eigenvalue weighted by atomic mass is 10.2. The van der Waals surface area contributed by atoms with Crippen LogP contribution in [0.15, 0.2) is 54.6 Å². The van der Waals surface area contributed by atoms with Gasteiger partial charge in [0.2, 0.25) is 0 Å². The van der Waals surface area contributed by atoms with Crippen molar-refractivity contribution in [2.75, 3.05) is 18.9 Å². The van der Waals surface area contributed by atoms with E-state index in [0.29, 0.717) is 0 Å². The van der Waals surface area contributed by atoms with E-state index in [1.807, 2.05) is 54.6 Å². The number of anilines is 2. The second kappa shape index (κ2) is 6.05. The van der Waals surface area contributed by atoms with E-state index in [1.165, 1.54) is 0 Å². The smallest absolute Gasteiger partial charge is 0.137 e. The molecule has 94 valence electrons. The zero-order valence-electron chi connectivity index (χ0n) is 10.2. The summed E-state index contributed by atoms with van der Waals surface area (Å²) in [4.78, 5) is 5.39. The third-order valence-electron chi connectivity index (χ3n) is 2.49. The molecule has 0 bridgehead atoms. The van der Waals surface area contributed by atoms with Crippen LogP contribution in [0.3, 0.4) is 0 Å². The van der Waals surface area contributed by atoms with E-state index in [1.54, 1.807) is 12.2 Å². The van der Waals surface area contributed by atoms with Crippen molar-refractivity contribution >= 4 is 11.4 Å². The van der Waals surface area contributed by atoms with Gasteiger partial charge in [-0.25, -0.2) is 5.06 Å². The second-order valence-corrected chi connectivity index (χ2v) is 3.62. The first kappa shape index (κ1) is 12.4. The third-order valence-corrected chi connectivity index (χ3v) is 2.49. The normalized spacial score (nSPS) is 10.1. The molecule has 0 unspecified atom stereocenters. The zero-order valence-corrected chi connectivity index (χ0v) is 10.2. The number of nitrogens with two attached hydrogens (primary N) is 1. The third kappa shape index (κ3) is 2.80. The Kier molecular flexibility index (Phi) is 4.17. The van der Waals surface area contributed by atoms with E-state index in [9.17, 15) is 0 Å². The van der Waals surface area contributed by atoms with Crippen molar-refractivity contribution in [1.29, 1.82) is 0 Å². The summed E-state index contributed by atoms with van der Waals surface area (Å²) in [6.07, 6.45) is 0. The largest absolute Gasteiger partial charge is 0.479 e. The fourth-order valence-corrected chi connectivity index (χ4v) is 1.70. The van der Waals surface area contributed by atoms with Gasteiger partial charge in [-0.3, -0.25) is 10.6 Å². The molecule has 2 aromatic carbocycles. The van der Waals surface area contributed by atoms with Crippen molar-refractivity contribution in [2.24, 2.45) is 5.73 Å². The lowest BCUT2D eigenvalue weighted by molar-refractivity contribution is 0.201. The quantitative estimate of drug-likeness (QED) is 0.649. The highest BCUT2D eigenvalue weighted by atomic mass is 16.7. The Hall–Kier alpha value is -2.04. The Labute approximate surface area is 106 Å². The highest BCUT2D eigenvalue weighted by Gasteiger charge is 2.07. The molecule has 0 radical (unpaired) electrons. The van der Waals surface area contributed by atoms with Crippen LogP contribution in [-0.2, 0) is 4.84 Å². The number of para-hydroxylation sites is 1. The van der Waals surface area contributed by atoms with Gasteiger partial charge in [-0.2, -0.15) is 0 Å². The Morgan fingerprint density at radius 2 is 1.56 bits per heavy atom. The molecule has 0 atom stereocenters. The number of benzene rings is 2. The van der Waals surface area contributed by atoms with Gasteiger partial charge in [0.1, 0.15) is 12.5 Å². The minimum absolute atomic E-state index is 0.173. The van der Waals surface area contributed by atoms with Gasteiger partial charge in [-0.1, -0.05) is 18.2 Å². The van der Waals surface area contributed by atoms with Crippen LogP contribution in [-0.4, -0.2) is 13.8 Å². The first-order valence-corrected chi connectivity index (χ1v) is 5.67. The summed E-state index contributed by atoms with van der Waals surface area (Å²) >= 11 is 0. The van der Waals surface area contributed by atoms with E-state index in [0.717, 1.165) is 17.1 Å². The molecular formula is C14H16N2O2. The molecule has 0 aromatic heterocycles. The van der Waals surface area contributed by atoms with Gasteiger partial charge < -0.3 is 4.74 Å². The van der Waals surface area contributed by atoms with Crippen molar-refractivity contribution in [3.05, 3.63) is 54.6 Å². The molecule has 0 heterocycles. The van der Waals surface area contributed by atoms with Crippen LogP contribution < -0.4 is 15.5 Å². The summed E-state index contributed by atoms with van der Waals surface area (Å²) in [6, 6.07) is 17.4. The standard InChI is InChI=1S/C14H16N2O2/c1-17-16(12-5-3-2-4-6-12)13-7-9-14(10-8-13)18-11-15/h2-10H,11,15H2,1H3. The monoisotopic (exact) mass is 244 g/mol. The number of rotatable bonds is 5. The van der Waals surface area contributed by atoms with Gasteiger partial charge in [0.15, 0.2) is 0 Å². The van der Waals surface area contributed by atoms with E-state index in [-0.39, 0.29) is 6.73 Å². The fourth-order valence-electron chi connectivity index (χ4n) is 1.70. The zero-order chi connectivity index (χ0) is 12.8. The van der Waals surface area contributed by atoms with Gasteiger partial charge in [0.25, 0.3) is 0 Å². The molecule has 0 aliphatic carbocycles. The summed E-state index contributed by atoms with van der Waals surface area (Å²) in [6.45, 7) is 0.173. The van der Waals surface area contributed by atoms with Crippen molar-refractivity contribution in [3.8, 4) is 5.75 Å². The fraction of sp³-hybridized carbons (Fsp3) is 0.143. The molecule has 4 heteroatoms. The lowest BCUT2D eigenvalue weighted by Crippen LogP contribution is -2.14. The summed E-state index contributed by atoms with van der Waals surface area (Å²) in [5.41, 5.74) is 7.21. The molecule has 0 saturated carbocycles. The summed E-state index contributed by atoms with van der Waals surface area (Å²) < 4.78 is 5.20. The predicted octanol–water partition coefficient (Wildman–Crippen LogP) is 2.68. The van der Waals surface area contributed by atoms with Crippen molar-refractivity contribution < 1.29 is 9.57 Å². The van der Waals surface area contributed by atoms with Gasteiger partial charge in [0, 0.05) is 0 Å². The molecule has 4 nitrogen and oxygen atoms in total. The average Bonchev–Trinajstić information content (AvgIpc) is 2.43. The molecule has 0 fully saturated rings. The summed E-state index contributed by atoms with van der Waals surface area (Å²) in [5.74, 6) is 0.741. The van der Waals surface area contributed by atoms with Gasteiger partial charge in [-0.05, 0) is 36.4 Å². The molecule has 0 aliphatic rings. The number of ether oxygens (including phenoxy) is 1. The molecule has 0 aliphatic heterocycles. The van der Waals surface area contributed by atoms with E-state index < -0.39 is 0 Å². The van der Waals surface area contributed by atoms with Crippen molar-refractivity contribution in [2.45, 2.75) is 0 Å². The Morgan fingerprint density at radius 3 is 2.11 bits per heavy atom. The molecule has 2 N–H and O–H groups in total. The minimum Gasteiger partial charge on any atom is -0.479 e. The van der Waals surface area contributed by atoms with E-state index >= 15 is 0 Å². The first-order chi connectivity index (χ1) is 8.85. The van der Waals surface area contributed by atoms with Crippen molar-refractivity contribution in [3.63, 3.8) is 0 Å². The minimum atomic E-state index is 0.173. The highest BCUT2D eigenvalue weighted by molar-refractivity contribution is 5.60. The van der Waals surface area contributed by atoms with Gasteiger partial charge in [-0.15, -0.1) is 0 Å². The highest BCUT2D eigenvalue weighted by Crippen LogP contribution is 2.26. The first-order valence-electron chi connectivity index (χ1n) is 5.67. The maximum atomic E-state index is 5.39. The molecule has 0 saturated heterocycles. The molecule has 2 rings (SSSR count). The molecule has 18 heavy (non-hydrogen) atoms. The average molecular weight is 244 g/mol. The Bertz CT molecular complexity index is 471. The maximum Gasteiger partial charge on any atom is 0.137 e. The Morgan fingerprint density at radius 1 is 0.944 bits per heavy atom. The molecule has 2 aromatic rings. The van der Waals surface area contributed by atoms with Gasteiger partial charge >= 0.3 is 0 Å². The molecule has 0 amide bonds. The van der Waals surface area contributed by atoms with Crippen LogP contribution >= 0.6 is 0 Å². The number of hydrogen-bond acceptors (Lipinski definition) is 4. The van der Waals surface area contributed by atoms with Crippen LogP contribution in [0.5, 0.6) is 5.75 Å². The van der Waals surface area contributed by atoms with E-state index in [2.05, 4.69) is 0 Å². The van der Waals surface area contributed by atoms with E-state index in [4.69, 9.17) is 15.3 Å². The number of hydrogen-bond donors (Lipinski definition) is 1. The van der Waals surface area contributed by atoms with Crippen LogP contribution in [0, 0.1) is 0 Å². The van der Waals surface area contributed by atoms with Crippen LogP contribution in [0.4, 0.5) is 11.4 Å². The lowest BCUT2D eigenvalue weighted by Gasteiger charge is -2.21. The Balaban J connectivity index is 2.23. The van der Waals surface area contributed by atoms with Crippen molar-refractivity contribution in [1.82, 2.24) is 0 Å². The van der Waals surface area contributed by atoms with Gasteiger partial charge in [0.05, 0.1) is 18.5 Å². The molecule has 0 spiro atoms. The summed E-state index contributed by atoms with van der Waals surface area (Å²) in [7, 11) is 1.64. The predicted molar refractivity (Wildman–Crippen MR) is 71.7 cm³/mol. The van der Waals surface area contributed by atoms with Crippen LogP contribution in [0.2, 0.25) is 0 Å². The van der Waals surface area contributed by atoms with Crippen LogP contribution in [0.1, 0.15) is 0 Å². The topological polar surface area (TPSA) is 47.7 Å². The number of nitrogens with zero attached hydrogens (tertiary/aromatic N) is 1. The molecular weight excluding hydrogens is 228 g/mol. The van der Waals surface area contributed by atoms with Crippen LogP contribution in [0.25, 0.3) is 0 Å². The summed E-state index contributed by atoms with van der Waals surface area (Å²) in [5, 5.41) is 1.74. The SMILES string of the molecule is CON(c1ccccc1)c1ccc(OCN)cc1. The second-order valence-electron chi connectivity index (χ2n) is 3.62. The maximum absolute atomic E-state index is 5.39.